The van der Waals surface area contributed by atoms with Gasteiger partial charge in [0.1, 0.15) is 17.3 Å². The Bertz CT molecular complexity index is 723. The Morgan fingerprint density at radius 3 is 2.75 bits per heavy atom. The van der Waals surface area contributed by atoms with Crippen LogP contribution in [0.4, 0.5) is 4.39 Å². The van der Waals surface area contributed by atoms with E-state index in [1.54, 1.807) is 12.1 Å². The second kappa shape index (κ2) is 5.85. The number of hydrogen-bond acceptors (Lipinski definition) is 3. The number of hydrogen-bond donors (Lipinski definition) is 0. The molecule has 0 saturated heterocycles. The number of nitrogens with zero attached hydrogens (tertiary/aromatic N) is 1. The van der Waals surface area contributed by atoms with Crippen molar-refractivity contribution in [2.75, 3.05) is 0 Å². The van der Waals surface area contributed by atoms with Crippen LogP contribution in [0, 0.1) is 24.1 Å². The zero-order valence-corrected chi connectivity index (χ0v) is 12.1. The molecule has 0 N–H and O–H groups in total. The van der Waals surface area contributed by atoms with E-state index in [1.165, 1.54) is 6.07 Å². The average molecular weight is 334 g/mol. The van der Waals surface area contributed by atoms with Crippen LogP contribution >= 0.6 is 15.9 Å². The third kappa shape index (κ3) is 2.86. The number of carbonyl (C=O) groups is 1. The molecule has 0 spiro atoms. The molecule has 0 aliphatic heterocycles. The summed E-state index contributed by atoms with van der Waals surface area (Å²) in [5.41, 5.74) is 1.38. The van der Waals surface area contributed by atoms with Crippen LogP contribution in [0.5, 0.6) is 11.5 Å². The first-order valence-electron chi connectivity index (χ1n) is 5.68. The molecule has 2 aromatic rings. The normalized spacial score (nSPS) is 9.90. The highest BCUT2D eigenvalue weighted by atomic mass is 79.9. The summed E-state index contributed by atoms with van der Waals surface area (Å²) in [6, 6.07) is 8.92. The van der Waals surface area contributed by atoms with Crippen molar-refractivity contribution < 1.29 is 13.9 Å². The fourth-order valence-electron chi connectivity index (χ4n) is 1.70. The maximum absolute atomic E-state index is 13.3. The Kier molecular flexibility index (Phi) is 4.16. The molecule has 0 heterocycles. The highest BCUT2D eigenvalue weighted by molar-refractivity contribution is 9.10. The standard InChI is InChI=1S/C15H9BrFNO2/c1-9-2-3-14(13(8-19)15(9)16)20-12-5-10(7-18)4-11(17)6-12/h2-6,8H,1H3. The fourth-order valence-corrected chi connectivity index (χ4v) is 2.12. The van der Waals surface area contributed by atoms with Gasteiger partial charge in [0.25, 0.3) is 0 Å². The van der Waals surface area contributed by atoms with Gasteiger partial charge in [-0.3, -0.25) is 4.79 Å². The van der Waals surface area contributed by atoms with Crippen LogP contribution < -0.4 is 4.74 Å². The van der Waals surface area contributed by atoms with Gasteiger partial charge >= 0.3 is 0 Å². The molecule has 5 heteroatoms. The van der Waals surface area contributed by atoms with Crippen molar-refractivity contribution in [2.45, 2.75) is 6.92 Å². The minimum atomic E-state index is -0.571. The van der Waals surface area contributed by atoms with E-state index in [0.29, 0.717) is 22.1 Å². The Morgan fingerprint density at radius 2 is 2.10 bits per heavy atom. The van der Waals surface area contributed by atoms with E-state index in [2.05, 4.69) is 15.9 Å². The number of benzene rings is 2. The first-order chi connectivity index (χ1) is 9.55. The predicted molar refractivity (Wildman–Crippen MR) is 75.5 cm³/mol. The summed E-state index contributed by atoms with van der Waals surface area (Å²) in [5.74, 6) is -0.106. The van der Waals surface area contributed by atoms with Gasteiger partial charge in [0.2, 0.25) is 0 Å². The van der Waals surface area contributed by atoms with E-state index in [9.17, 15) is 9.18 Å². The molecule has 0 aromatic heterocycles. The summed E-state index contributed by atoms with van der Waals surface area (Å²) >= 11 is 3.31. The fraction of sp³-hybridized carbons (Fsp3) is 0.0667. The summed E-state index contributed by atoms with van der Waals surface area (Å²) in [5, 5.41) is 8.80. The topological polar surface area (TPSA) is 50.1 Å². The van der Waals surface area contributed by atoms with Gasteiger partial charge in [0.05, 0.1) is 17.2 Å². The largest absolute Gasteiger partial charge is 0.456 e. The number of nitriles is 1. The summed E-state index contributed by atoms with van der Waals surface area (Å²) in [6.45, 7) is 1.84. The van der Waals surface area contributed by atoms with E-state index >= 15 is 0 Å². The Morgan fingerprint density at radius 1 is 1.35 bits per heavy atom. The first kappa shape index (κ1) is 14.2. The Balaban J connectivity index is 2.45. The Labute approximate surface area is 123 Å². The van der Waals surface area contributed by atoms with Crippen LogP contribution in [-0.4, -0.2) is 6.29 Å². The molecule has 0 aliphatic carbocycles. The maximum atomic E-state index is 13.3. The molecule has 0 radical (unpaired) electrons. The zero-order valence-electron chi connectivity index (χ0n) is 10.5. The summed E-state index contributed by atoms with van der Waals surface area (Å²) in [6.07, 6.45) is 0.664. The molecule has 0 aliphatic rings. The molecule has 0 saturated carbocycles. The SMILES string of the molecule is Cc1ccc(Oc2cc(F)cc(C#N)c2)c(C=O)c1Br. The minimum absolute atomic E-state index is 0.152. The smallest absolute Gasteiger partial charge is 0.154 e. The number of aryl methyl sites for hydroxylation is 1. The van der Waals surface area contributed by atoms with Gasteiger partial charge in [-0.05, 0) is 46.6 Å². The molecule has 3 nitrogen and oxygen atoms in total. The third-order valence-electron chi connectivity index (χ3n) is 2.68. The number of rotatable bonds is 3. The Hall–Kier alpha value is -2.19. The van der Waals surface area contributed by atoms with E-state index in [0.717, 1.165) is 17.7 Å². The molecular weight excluding hydrogens is 325 g/mol. The molecule has 0 amide bonds. The monoisotopic (exact) mass is 333 g/mol. The highest BCUT2D eigenvalue weighted by Crippen LogP contribution is 2.32. The van der Waals surface area contributed by atoms with Crippen molar-refractivity contribution in [3.8, 4) is 17.6 Å². The minimum Gasteiger partial charge on any atom is -0.456 e. The molecule has 2 aromatic carbocycles. The van der Waals surface area contributed by atoms with Crippen LogP contribution in [0.2, 0.25) is 0 Å². The first-order valence-corrected chi connectivity index (χ1v) is 6.47. The maximum Gasteiger partial charge on any atom is 0.154 e. The van der Waals surface area contributed by atoms with Crippen molar-refractivity contribution in [3.05, 3.63) is 57.3 Å². The molecule has 0 atom stereocenters. The van der Waals surface area contributed by atoms with Crippen LogP contribution in [-0.2, 0) is 0 Å². The van der Waals surface area contributed by atoms with Gasteiger partial charge in [-0.15, -0.1) is 0 Å². The molecule has 100 valence electrons. The number of halogens is 2. The lowest BCUT2D eigenvalue weighted by Crippen LogP contribution is -1.94. The van der Waals surface area contributed by atoms with E-state index < -0.39 is 5.82 Å². The number of carbonyl (C=O) groups excluding carboxylic acids is 1. The predicted octanol–water partition coefficient (Wildman–Crippen LogP) is 4.37. The lowest BCUT2D eigenvalue weighted by atomic mass is 10.1. The molecule has 0 unspecified atom stereocenters. The van der Waals surface area contributed by atoms with Gasteiger partial charge < -0.3 is 4.74 Å². The van der Waals surface area contributed by atoms with Crippen molar-refractivity contribution in [1.29, 1.82) is 5.26 Å². The van der Waals surface area contributed by atoms with Crippen LogP contribution in [0.3, 0.4) is 0 Å². The molecular formula is C15H9BrFNO2. The lowest BCUT2D eigenvalue weighted by molar-refractivity contribution is 0.112. The zero-order chi connectivity index (χ0) is 14.7. The van der Waals surface area contributed by atoms with Gasteiger partial charge in [-0.1, -0.05) is 6.07 Å². The quantitative estimate of drug-likeness (QED) is 0.783. The van der Waals surface area contributed by atoms with Gasteiger partial charge in [0.15, 0.2) is 6.29 Å². The molecule has 0 bridgehead atoms. The van der Waals surface area contributed by atoms with Crippen molar-refractivity contribution >= 4 is 22.2 Å². The van der Waals surface area contributed by atoms with E-state index in [-0.39, 0.29) is 11.3 Å². The van der Waals surface area contributed by atoms with E-state index in [1.807, 2.05) is 13.0 Å². The second-order valence-corrected chi connectivity index (χ2v) is 4.91. The number of aldehydes is 1. The lowest BCUT2D eigenvalue weighted by Gasteiger charge is -2.11. The molecule has 20 heavy (non-hydrogen) atoms. The van der Waals surface area contributed by atoms with Crippen molar-refractivity contribution in [3.63, 3.8) is 0 Å². The van der Waals surface area contributed by atoms with E-state index in [4.69, 9.17) is 10.00 Å². The van der Waals surface area contributed by atoms with Gasteiger partial charge in [-0.25, -0.2) is 4.39 Å². The van der Waals surface area contributed by atoms with Crippen molar-refractivity contribution in [1.82, 2.24) is 0 Å². The van der Waals surface area contributed by atoms with Crippen molar-refractivity contribution in [2.24, 2.45) is 0 Å². The van der Waals surface area contributed by atoms with Crippen LogP contribution in [0.15, 0.2) is 34.8 Å². The third-order valence-corrected chi connectivity index (χ3v) is 3.73. The van der Waals surface area contributed by atoms with Crippen LogP contribution in [0.25, 0.3) is 0 Å². The second-order valence-electron chi connectivity index (χ2n) is 4.12. The summed E-state index contributed by atoms with van der Waals surface area (Å²) < 4.78 is 19.5. The molecule has 2 rings (SSSR count). The average Bonchev–Trinajstić information content (AvgIpc) is 2.42. The number of ether oxygens (including phenoxy) is 1. The van der Waals surface area contributed by atoms with Gasteiger partial charge in [-0.2, -0.15) is 5.26 Å². The summed E-state index contributed by atoms with van der Waals surface area (Å²) in [7, 11) is 0. The van der Waals surface area contributed by atoms with Gasteiger partial charge in [0, 0.05) is 10.5 Å². The van der Waals surface area contributed by atoms with Crippen LogP contribution in [0.1, 0.15) is 21.5 Å². The summed E-state index contributed by atoms with van der Waals surface area (Å²) in [4.78, 5) is 11.1. The molecule has 0 fully saturated rings. The highest BCUT2D eigenvalue weighted by Gasteiger charge is 2.11.